The van der Waals surface area contributed by atoms with Crippen LogP contribution in [0.3, 0.4) is 0 Å². The van der Waals surface area contributed by atoms with E-state index in [0.717, 1.165) is 6.29 Å². The molecule has 1 atom stereocenters. The zero-order valence-electron chi connectivity index (χ0n) is 10.7. The number of carbonyl (C=O) groups is 4. The van der Waals surface area contributed by atoms with Gasteiger partial charge in [-0.05, 0) is 0 Å². The number of rotatable bonds is 9. The van der Waals surface area contributed by atoms with E-state index in [4.69, 9.17) is 0 Å². The predicted octanol–water partition coefficient (Wildman–Crippen LogP) is -0.385. The fourth-order valence-corrected chi connectivity index (χ4v) is 3.02. The normalized spacial score (nSPS) is 18.4. The molecule has 0 radical (unpaired) electrons. The van der Waals surface area contributed by atoms with Crippen molar-refractivity contribution in [3.8, 4) is 0 Å². The van der Waals surface area contributed by atoms with E-state index in [0.29, 0.717) is 44.4 Å². The summed E-state index contributed by atoms with van der Waals surface area (Å²) >= 11 is 1.59. The van der Waals surface area contributed by atoms with Crippen molar-refractivity contribution in [3.63, 3.8) is 0 Å². The Hall–Kier alpha value is -1.37. The van der Waals surface area contributed by atoms with Crippen LogP contribution in [0.15, 0.2) is 0 Å². The molecule has 1 heterocycles. The van der Waals surface area contributed by atoms with Crippen LogP contribution < -0.4 is 5.32 Å². The first-order valence-electron chi connectivity index (χ1n) is 6.20. The van der Waals surface area contributed by atoms with Crippen LogP contribution in [0.4, 0.5) is 0 Å². The molecule has 0 aliphatic carbocycles. The smallest absolute Gasteiger partial charge is 0.223 e. The maximum atomic E-state index is 11.6. The summed E-state index contributed by atoms with van der Waals surface area (Å²) in [5, 5.41) is 2.66. The molecule has 1 saturated heterocycles. The molecule has 1 fully saturated rings. The Bertz CT molecular complexity index is 349. The minimum absolute atomic E-state index is 0.0465. The van der Waals surface area contributed by atoms with E-state index >= 15 is 0 Å². The third kappa shape index (κ3) is 5.87. The molecule has 2 amide bonds. The molecule has 6 nitrogen and oxygen atoms in total. The number of hydrogen-bond donors (Lipinski definition) is 1. The molecule has 106 valence electrons. The standard InChI is InChI=1S/C12H18N2O4S/c15-5-1-4-14-9-10(8-12(14)18)19-7-2-11(17)13-3-6-16/h5-6,10H,1-4,7-9H2,(H,13,17)/t10-/m0/s1. The van der Waals surface area contributed by atoms with Crippen LogP contribution >= 0.6 is 11.8 Å². The van der Waals surface area contributed by atoms with Gasteiger partial charge >= 0.3 is 0 Å². The van der Waals surface area contributed by atoms with Crippen LogP contribution in [0, 0.1) is 0 Å². The zero-order chi connectivity index (χ0) is 14.1. The molecular formula is C12H18N2O4S. The summed E-state index contributed by atoms with van der Waals surface area (Å²) in [7, 11) is 0. The van der Waals surface area contributed by atoms with Gasteiger partial charge in [-0.15, -0.1) is 0 Å². The number of thioether (sulfide) groups is 1. The first-order chi connectivity index (χ1) is 9.17. The van der Waals surface area contributed by atoms with E-state index in [1.165, 1.54) is 0 Å². The Kier molecular flexibility index (Phi) is 7.17. The van der Waals surface area contributed by atoms with Gasteiger partial charge in [0.05, 0.1) is 6.54 Å². The number of hydrogen-bond acceptors (Lipinski definition) is 5. The number of nitrogens with zero attached hydrogens (tertiary/aromatic N) is 1. The van der Waals surface area contributed by atoms with E-state index in [2.05, 4.69) is 5.32 Å². The van der Waals surface area contributed by atoms with Crippen LogP contribution in [0.2, 0.25) is 0 Å². The monoisotopic (exact) mass is 286 g/mol. The quantitative estimate of drug-likeness (QED) is 0.584. The number of likely N-dealkylation sites (tertiary alicyclic amines) is 1. The SMILES string of the molecule is O=CCCN1C[C@@H](SCCC(=O)NCC=O)CC1=O. The molecule has 0 spiro atoms. The van der Waals surface area contributed by atoms with E-state index in [-0.39, 0.29) is 23.6 Å². The van der Waals surface area contributed by atoms with E-state index in [1.807, 2.05) is 0 Å². The van der Waals surface area contributed by atoms with E-state index in [1.54, 1.807) is 16.7 Å². The van der Waals surface area contributed by atoms with Crippen LogP contribution in [0.1, 0.15) is 19.3 Å². The van der Waals surface area contributed by atoms with Crippen molar-refractivity contribution in [2.45, 2.75) is 24.5 Å². The molecule has 0 bridgehead atoms. The second-order valence-electron chi connectivity index (χ2n) is 4.21. The average molecular weight is 286 g/mol. The first-order valence-corrected chi connectivity index (χ1v) is 7.25. The average Bonchev–Trinajstić information content (AvgIpc) is 2.74. The fraction of sp³-hybridized carbons (Fsp3) is 0.667. The molecule has 1 rings (SSSR count). The van der Waals surface area contributed by atoms with E-state index < -0.39 is 0 Å². The second-order valence-corrected chi connectivity index (χ2v) is 5.62. The summed E-state index contributed by atoms with van der Waals surface area (Å²) < 4.78 is 0. The Morgan fingerprint density at radius 3 is 2.89 bits per heavy atom. The largest absolute Gasteiger partial charge is 0.349 e. The van der Waals surface area contributed by atoms with Crippen molar-refractivity contribution in [1.29, 1.82) is 0 Å². The third-order valence-electron chi connectivity index (χ3n) is 2.76. The molecule has 7 heteroatoms. The van der Waals surface area contributed by atoms with Crippen molar-refractivity contribution in [3.05, 3.63) is 0 Å². The molecule has 1 N–H and O–H groups in total. The lowest BCUT2D eigenvalue weighted by Crippen LogP contribution is -2.27. The lowest BCUT2D eigenvalue weighted by molar-refractivity contribution is -0.127. The van der Waals surface area contributed by atoms with Gasteiger partial charge in [0, 0.05) is 43.4 Å². The van der Waals surface area contributed by atoms with Gasteiger partial charge in [0.1, 0.15) is 12.6 Å². The molecular weight excluding hydrogens is 268 g/mol. The summed E-state index contributed by atoms with van der Waals surface area (Å²) in [4.78, 5) is 44.9. The third-order valence-corrected chi connectivity index (χ3v) is 3.99. The summed E-state index contributed by atoms with van der Waals surface area (Å²) in [6, 6.07) is 0. The molecule has 1 aliphatic heterocycles. The molecule has 1 aliphatic rings. The lowest BCUT2D eigenvalue weighted by atomic mass is 10.4. The molecule has 0 unspecified atom stereocenters. The van der Waals surface area contributed by atoms with Crippen molar-refractivity contribution < 1.29 is 19.2 Å². The summed E-state index contributed by atoms with van der Waals surface area (Å²) in [5.74, 6) is 0.552. The van der Waals surface area contributed by atoms with Crippen LogP contribution in [0.5, 0.6) is 0 Å². The number of aldehydes is 2. The van der Waals surface area contributed by atoms with Gasteiger partial charge < -0.3 is 19.8 Å². The zero-order valence-corrected chi connectivity index (χ0v) is 11.5. The molecule has 0 aromatic heterocycles. The van der Waals surface area contributed by atoms with Gasteiger partial charge in [0.2, 0.25) is 11.8 Å². The summed E-state index contributed by atoms with van der Waals surface area (Å²) in [6.07, 6.45) is 2.64. The fourth-order valence-electron chi connectivity index (χ4n) is 1.83. The maximum Gasteiger partial charge on any atom is 0.223 e. The highest BCUT2D eigenvalue weighted by molar-refractivity contribution is 8.00. The molecule has 19 heavy (non-hydrogen) atoms. The summed E-state index contributed by atoms with van der Waals surface area (Å²) in [5.41, 5.74) is 0. The molecule has 0 aromatic rings. The maximum absolute atomic E-state index is 11.6. The highest BCUT2D eigenvalue weighted by Crippen LogP contribution is 2.24. The minimum atomic E-state index is -0.151. The minimum Gasteiger partial charge on any atom is -0.349 e. The van der Waals surface area contributed by atoms with Gasteiger partial charge in [-0.1, -0.05) is 0 Å². The second kappa shape index (κ2) is 8.68. The topological polar surface area (TPSA) is 83.6 Å². The van der Waals surface area contributed by atoms with E-state index in [9.17, 15) is 19.2 Å². The highest BCUT2D eigenvalue weighted by atomic mass is 32.2. The Morgan fingerprint density at radius 2 is 2.21 bits per heavy atom. The number of carbonyl (C=O) groups excluding carboxylic acids is 4. The van der Waals surface area contributed by atoms with Gasteiger partial charge in [-0.2, -0.15) is 11.8 Å². The molecule has 0 aromatic carbocycles. The molecule has 0 saturated carbocycles. The Balaban J connectivity index is 2.17. The van der Waals surface area contributed by atoms with Gasteiger partial charge in [-0.25, -0.2) is 0 Å². The Morgan fingerprint density at radius 1 is 1.42 bits per heavy atom. The number of amides is 2. The van der Waals surface area contributed by atoms with Crippen molar-refractivity contribution in [2.24, 2.45) is 0 Å². The van der Waals surface area contributed by atoms with Crippen molar-refractivity contribution in [1.82, 2.24) is 10.2 Å². The van der Waals surface area contributed by atoms with Crippen LogP contribution in [-0.4, -0.2) is 59.9 Å². The lowest BCUT2D eigenvalue weighted by Gasteiger charge is -2.14. The van der Waals surface area contributed by atoms with Crippen LogP contribution in [-0.2, 0) is 19.2 Å². The van der Waals surface area contributed by atoms with Crippen LogP contribution in [0.25, 0.3) is 0 Å². The number of nitrogens with one attached hydrogen (secondary N) is 1. The first kappa shape index (κ1) is 15.7. The highest BCUT2D eigenvalue weighted by Gasteiger charge is 2.29. The predicted molar refractivity (Wildman–Crippen MR) is 71.8 cm³/mol. The van der Waals surface area contributed by atoms with Gasteiger partial charge in [0.15, 0.2) is 0 Å². The van der Waals surface area contributed by atoms with Crippen molar-refractivity contribution in [2.75, 3.05) is 25.4 Å². The van der Waals surface area contributed by atoms with Gasteiger partial charge in [0.25, 0.3) is 0 Å². The Labute approximate surface area is 116 Å². The van der Waals surface area contributed by atoms with Gasteiger partial charge in [-0.3, -0.25) is 9.59 Å². The van der Waals surface area contributed by atoms with Crippen molar-refractivity contribution >= 4 is 36.1 Å². The summed E-state index contributed by atoms with van der Waals surface area (Å²) in [6.45, 7) is 1.18.